The van der Waals surface area contributed by atoms with Gasteiger partial charge < -0.3 is 14.5 Å². The molecule has 3 rings (SSSR count). The molecule has 7 nitrogen and oxygen atoms in total. The van der Waals surface area contributed by atoms with Crippen LogP contribution < -0.4 is 4.90 Å². The summed E-state index contributed by atoms with van der Waals surface area (Å²) in [5.41, 5.74) is 1.64. The third-order valence-corrected chi connectivity index (χ3v) is 4.82. The van der Waals surface area contributed by atoms with Crippen molar-refractivity contribution in [1.82, 2.24) is 4.90 Å². The lowest BCUT2D eigenvalue weighted by atomic mass is 9.99. The number of amides is 1. The normalized spacial score (nSPS) is 21.6. The lowest BCUT2D eigenvalue weighted by Crippen LogP contribution is -2.53. The quantitative estimate of drug-likeness (QED) is 0.625. The zero-order valence-electron chi connectivity index (χ0n) is 13.9. The number of hydrogen-bond acceptors (Lipinski definition) is 5. The summed E-state index contributed by atoms with van der Waals surface area (Å²) >= 11 is 0. The molecular weight excluding hydrogens is 310 g/mol. The number of ether oxygens (including phenoxy) is 1. The van der Waals surface area contributed by atoms with Crippen LogP contribution in [-0.4, -0.2) is 54.6 Å². The minimum absolute atomic E-state index is 0.117. The number of anilines is 1. The van der Waals surface area contributed by atoms with Gasteiger partial charge in [-0.3, -0.25) is 14.9 Å². The average molecular weight is 333 g/mol. The third kappa shape index (κ3) is 3.36. The SMILES string of the molecule is Cc1cc(N2CCCCC2C(=O)N2CCOCC2)ccc1[N+](=O)[O-]. The molecule has 1 aromatic rings. The molecular formula is C17H23N3O4. The second-order valence-electron chi connectivity index (χ2n) is 6.37. The summed E-state index contributed by atoms with van der Waals surface area (Å²) in [4.78, 5) is 27.5. The van der Waals surface area contributed by atoms with Gasteiger partial charge in [0.2, 0.25) is 5.91 Å². The summed E-state index contributed by atoms with van der Waals surface area (Å²) in [6.07, 6.45) is 2.89. The Bertz CT molecular complexity index is 628. The van der Waals surface area contributed by atoms with Crippen LogP contribution >= 0.6 is 0 Å². The number of nitrogens with zero attached hydrogens (tertiary/aromatic N) is 3. The van der Waals surface area contributed by atoms with Gasteiger partial charge in [0, 0.05) is 37.0 Å². The zero-order valence-corrected chi connectivity index (χ0v) is 13.9. The Kier molecular flexibility index (Phi) is 4.99. The van der Waals surface area contributed by atoms with E-state index in [-0.39, 0.29) is 22.6 Å². The first-order chi connectivity index (χ1) is 11.6. The molecule has 2 aliphatic heterocycles. The molecule has 0 saturated carbocycles. The van der Waals surface area contributed by atoms with Gasteiger partial charge in [-0.15, -0.1) is 0 Å². The van der Waals surface area contributed by atoms with Gasteiger partial charge in [-0.25, -0.2) is 0 Å². The predicted octanol–water partition coefficient (Wildman–Crippen LogP) is 2.12. The van der Waals surface area contributed by atoms with E-state index in [1.165, 1.54) is 6.07 Å². The highest BCUT2D eigenvalue weighted by Gasteiger charge is 2.33. The molecule has 0 aliphatic carbocycles. The Morgan fingerprint density at radius 2 is 2.00 bits per heavy atom. The van der Waals surface area contributed by atoms with Crippen LogP contribution in [0.3, 0.4) is 0 Å². The van der Waals surface area contributed by atoms with Crippen molar-refractivity contribution in [3.8, 4) is 0 Å². The molecule has 1 amide bonds. The molecule has 2 fully saturated rings. The number of benzene rings is 1. The summed E-state index contributed by atoms with van der Waals surface area (Å²) in [5.74, 6) is 0.147. The standard InChI is InChI=1S/C17H23N3O4/c1-13-12-14(5-6-15(13)20(22)23)19-7-3-2-4-16(19)17(21)18-8-10-24-11-9-18/h5-6,12,16H,2-4,7-11H2,1H3. The Balaban J connectivity index is 1.82. The van der Waals surface area contributed by atoms with Crippen LogP contribution in [0.2, 0.25) is 0 Å². The number of carbonyl (C=O) groups excluding carboxylic acids is 1. The topological polar surface area (TPSA) is 75.9 Å². The molecule has 0 spiro atoms. The van der Waals surface area contributed by atoms with Gasteiger partial charge in [-0.2, -0.15) is 0 Å². The second kappa shape index (κ2) is 7.17. The molecule has 0 radical (unpaired) electrons. The van der Waals surface area contributed by atoms with E-state index in [9.17, 15) is 14.9 Å². The van der Waals surface area contributed by atoms with E-state index >= 15 is 0 Å². The van der Waals surface area contributed by atoms with Crippen molar-refractivity contribution >= 4 is 17.3 Å². The number of aryl methyl sites for hydroxylation is 1. The van der Waals surface area contributed by atoms with Crippen molar-refractivity contribution in [2.75, 3.05) is 37.7 Å². The summed E-state index contributed by atoms with van der Waals surface area (Å²) in [7, 11) is 0. The van der Waals surface area contributed by atoms with Gasteiger partial charge in [-0.1, -0.05) is 0 Å². The van der Waals surface area contributed by atoms with Crippen molar-refractivity contribution in [2.24, 2.45) is 0 Å². The van der Waals surface area contributed by atoms with Crippen LogP contribution in [-0.2, 0) is 9.53 Å². The minimum atomic E-state index is -0.369. The lowest BCUT2D eigenvalue weighted by molar-refractivity contribution is -0.385. The maximum atomic E-state index is 12.9. The van der Waals surface area contributed by atoms with E-state index in [2.05, 4.69) is 4.90 Å². The number of hydrogen-bond donors (Lipinski definition) is 0. The lowest BCUT2D eigenvalue weighted by Gasteiger charge is -2.40. The van der Waals surface area contributed by atoms with Crippen LogP contribution in [0.1, 0.15) is 24.8 Å². The molecule has 1 unspecified atom stereocenters. The molecule has 0 aromatic heterocycles. The number of nitro groups is 1. The molecule has 1 aromatic carbocycles. The predicted molar refractivity (Wildman–Crippen MR) is 90.2 cm³/mol. The molecule has 0 N–H and O–H groups in total. The highest BCUT2D eigenvalue weighted by atomic mass is 16.6. The molecule has 24 heavy (non-hydrogen) atoms. The molecule has 2 aliphatic rings. The number of rotatable bonds is 3. The monoisotopic (exact) mass is 333 g/mol. The fourth-order valence-electron chi connectivity index (χ4n) is 3.51. The molecule has 1 atom stereocenters. The summed E-state index contributed by atoms with van der Waals surface area (Å²) in [5, 5.41) is 11.0. The van der Waals surface area contributed by atoms with Crippen molar-refractivity contribution in [3.05, 3.63) is 33.9 Å². The van der Waals surface area contributed by atoms with Crippen molar-refractivity contribution in [2.45, 2.75) is 32.2 Å². The molecule has 7 heteroatoms. The van der Waals surface area contributed by atoms with Crippen LogP contribution in [0.15, 0.2) is 18.2 Å². The van der Waals surface area contributed by atoms with E-state index in [1.54, 1.807) is 13.0 Å². The zero-order chi connectivity index (χ0) is 17.1. The van der Waals surface area contributed by atoms with Gasteiger partial charge in [0.15, 0.2) is 0 Å². The van der Waals surface area contributed by atoms with Crippen molar-refractivity contribution < 1.29 is 14.5 Å². The van der Waals surface area contributed by atoms with Gasteiger partial charge >= 0.3 is 0 Å². The summed E-state index contributed by atoms with van der Waals surface area (Å²) in [6, 6.07) is 4.94. The largest absolute Gasteiger partial charge is 0.378 e. The Labute approximate surface area is 141 Å². The summed E-state index contributed by atoms with van der Waals surface area (Å²) in [6.45, 7) is 5.01. The molecule has 0 bridgehead atoms. The maximum Gasteiger partial charge on any atom is 0.272 e. The van der Waals surface area contributed by atoms with Crippen molar-refractivity contribution in [1.29, 1.82) is 0 Å². The molecule has 2 heterocycles. The van der Waals surface area contributed by atoms with Gasteiger partial charge in [0.25, 0.3) is 5.69 Å². The first kappa shape index (κ1) is 16.7. The van der Waals surface area contributed by atoms with Gasteiger partial charge in [0.1, 0.15) is 6.04 Å². The second-order valence-corrected chi connectivity index (χ2v) is 6.37. The Hall–Kier alpha value is -2.15. The van der Waals surface area contributed by atoms with Gasteiger partial charge in [0.05, 0.1) is 18.1 Å². The average Bonchev–Trinajstić information content (AvgIpc) is 2.61. The Morgan fingerprint density at radius 3 is 2.67 bits per heavy atom. The number of piperidine rings is 1. The van der Waals surface area contributed by atoms with E-state index in [1.807, 2.05) is 11.0 Å². The fourth-order valence-corrected chi connectivity index (χ4v) is 3.51. The van der Waals surface area contributed by atoms with Gasteiger partial charge in [-0.05, 0) is 38.3 Å². The van der Waals surface area contributed by atoms with Crippen LogP contribution in [0.25, 0.3) is 0 Å². The highest BCUT2D eigenvalue weighted by molar-refractivity contribution is 5.85. The highest BCUT2D eigenvalue weighted by Crippen LogP contribution is 2.30. The van der Waals surface area contributed by atoms with E-state index in [0.29, 0.717) is 31.9 Å². The van der Waals surface area contributed by atoms with Crippen molar-refractivity contribution in [3.63, 3.8) is 0 Å². The summed E-state index contributed by atoms with van der Waals surface area (Å²) < 4.78 is 5.33. The minimum Gasteiger partial charge on any atom is -0.378 e. The molecule has 130 valence electrons. The Morgan fingerprint density at radius 1 is 1.25 bits per heavy atom. The maximum absolute atomic E-state index is 12.9. The van der Waals surface area contributed by atoms with Crippen LogP contribution in [0, 0.1) is 17.0 Å². The molecule has 2 saturated heterocycles. The van der Waals surface area contributed by atoms with E-state index in [4.69, 9.17) is 4.74 Å². The van der Waals surface area contributed by atoms with E-state index < -0.39 is 0 Å². The first-order valence-electron chi connectivity index (χ1n) is 8.46. The van der Waals surface area contributed by atoms with E-state index in [0.717, 1.165) is 31.5 Å². The smallest absolute Gasteiger partial charge is 0.272 e. The number of nitro benzene ring substituents is 1. The van der Waals surface area contributed by atoms with Crippen LogP contribution in [0.4, 0.5) is 11.4 Å². The fraction of sp³-hybridized carbons (Fsp3) is 0.588. The third-order valence-electron chi connectivity index (χ3n) is 4.82. The number of morpholine rings is 1. The van der Waals surface area contributed by atoms with Crippen LogP contribution in [0.5, 0.6) is 0 Å². The first-order valence-corrected chi connectivity index (χ1v) is 8.46. The number of carbonyl (C=O) groups is 1.